The van der Waals surface area contributed by atoms with Gasteiger partial charge >= 0.3 is 0 Å². The van der Waals surface area contributed by atoms with Gasteiger partial charge in [-0.2, -0.15) is 0 Å². The highest BCUT2D eigenvalue weighted by atomic mass is 16.6. The van der Waals surface area contributed by atoms with E-state index in [0.29, 0.717) is 5.75 Å². The summed E-state index contributed by atoms with van der Waals surface area (Å²) in [6.45, 7) is 6.14. The van der Waals surface area contributed by atoms with Gasteiger partial charge in [0.2, 0.25) is 0 Å². The summed E-state index contributed by atoms with van der Waals surface area (Å²) in [6.07, 6.45) is 5.34. The van der Waals surface area contributed by atoms with Crippen molar-refractivity contribution in [3.63, 3.8) is 0 Å². The number of phenols is 1. The van der Waals surface area contributed by atoms with Crippen LogP contribution in [0.1, 0.15) is 49.8 Å². The van der Waals surface area contributed by atoms with E-state index in [1.165, 1.54) is 18.4 Å². The molecule has 0 radical (unpaired) electrons. The van der Waals surface area contributed by atoms with E-state index >= 15 is 0 Å². The topological polar surface area (TPSA) is 32.8 Å². The third kappa shape index (κ3) is 2.87. The van der Waals surface area contributed by atoms with Gasteiger partial charge in [0, 0.05) is 6.42 Å². The number of unbranched alkanes of at least 4 members (excludes halogenated alkanes) is 2. The Labute approximate surface area is 109 Å². The second-order valence-corrected chi connectivity index (χ2v) is 5.08. The number of aryl methyl sites for hydroxylation is 1. The minimum absolute atomic E-state index is 0.475. The zero-order valence-electron chi connectivity index (χ0n) is 11.5. The van der Waals surface area contributed by atoms with Gasteiger partial charge < -0.3 is 9.84 Å². The van der Waals surface area contributed by atoms with Crippen LogP contribution in [0.2, 0.25) is 0 Å². The standard InChI is InChI=1S/C16H22O2/c1-4-5-6-7-14-13(10-15-12(3)18-15)9-8-11(2)16(14)17/h8-9,17H,4-7,10H2,1-3H3. The Morgan fingerprint density at radius 2 is 1.89 bits per heavy atom. The number of hydrogen-bond acceptors (Lipinski definition) is 2. The highest BCUT2D eigenvalue weighted by Gasteiger charge is 2.22. The smallest absolute Gasteiger partial charge is 0.146 e. The number of benzene rings is 1. The first-order chi connectivity index (χ1) is 8.63. The molecular formula is C16H22O2. The summed E-state index contributed by atoms with van der Waals surface area (Å²) in [5, 5.41) is 10.2. The number of rotatable bonds is 6. The first-order valence-corrected chi connectivity index (χ1v) is 6.81. The monoisotopic (exact) mass is 246 g/mol. The van der Waals surface area contributed by atoms with Gasteiger partial charge in [0.05, 0.1) is 0 Å². The molecule has 1 aromatic carbocycles. The molecule has 0 atom stereocenters. The van der Waals surface area contributed by atoms with Gasteiger partial charge in [0.1, 0.15) is 17.3 Å². The maximum absolute atomic E-state index is 10.2. The van der Waals surface area contributed by atoms with E-state index in [9.17, 15) is 5.11 Å². The summed E-state index contributed by atoms with van der Waals surface area (Å²) >= 11 is 0. The fourth-order valence-electron chi connectivity index (χ4n) is 2.28. The average molecular weight is 246 g/mol. The van der Waals surface area contributed by atoms with E-state index in [2.05, 4.69) is 13.0 Å². The molecule has 0 fully saturated rings. The third-order valence-electron chi connectivity index (χ3n) is 3.59. The molecule has 0 aromatic heterocycles. The Bertz CT molecular complexity index is 472. The van der Waals surface area contributed by atoms with Crippen LogP contribution >= 0.6 is 0 Å². The maximum atomic E-state index is 10.2. The van der Waals surface area contributed by atoms with Crippen molar-refractivity contribution in [2.45, 2.75) is 52.9 Å². The zero-order valence-corrected chi connectivity index (χ0v) is 11.5. The van der Waals surface area contributed by atoms with Gasteiger partial charge in [-0.05, 0) is 43.4 Å². The molecule has 2 rings (SSSR count). The predicted octanol–water partition coefficient (Wildman–Crippen LogP) is 4.24. The lowest BCUT2D eigenvalue weighted by Crippen LogP contribution is -1.97. The minimum atomic E-state index is 0.475. The Balaban J connectivity index is 2.18. The Morgan fingerprint density at radius 1 is 1.17 bits per heavy atom. The Morgan fingerprint density at radius 3 is 2.50 bits per heavy atom. The van der Waals surface area contributed by atoms with Crippen LogP contribution in [0, 0.1) is 6.92 Å². The molecule has 0 aliphatic carbocycles. The molecule has 1 N–H and O–H groups in total. The first kappa shape index (κ1) is 13.0. The summed E-state index contributed by atoms with van der Waals surface area (Å²) in [7, 11) is 0. The zero-order chi connectivity index (χ0) is 13.1. The van der Waals surface area contributed by atoms with Crippen LogP contribution in [-0.2, 0) is 17.6 Å². The second-order valence-electron chi connectivity index (χ2n) is 5.08. The minimum Gasteiger partial charge on any atom is -0.507 e. The fraction of sp³-hybridized carbons (Fsp3) is 0.500. The highest BCUT2D eigenvalue weighted by molar-refractivity contribution is 5.46. The number of hydrogen-bond donors (Lipinski definition) is 1. The van der Waals surface area contributed by atoms with Crippen molar-refractivity contribution in [2.75, 3.05) is 0 Å². The van der Waals surface area contributed by atoms with Gasteiger partial charge in [-0.1, -0.05) is 31.9 Å². The first-order valence-electron chi connectivity index (χ1n) is 6.81. The van der Waals surface area contributed by atoms with E-state index in [1.54, 1.807) is 0 Å². The van der Waals surface area contributed by atoms with Crippen LogP contribution in [0.5, 0.6) is 5.75 Å². The second kappa shape index (κ2) is 5.47. The predicted molar refractivity (Wildman–Crippen MR) is 73.6 cm³/mol. The van der Waals surface area contributed by atoms with Crippen molar-refractivity contribution >= 4 is 0 Å². The highest BCUT2D eigenvalue weighted by Crippen LogP contribution is 2.34. The molecular weight excluding hydrogens is 224 g/mol. The average Bonchev–Trinajstić information content (AvgIpc) is 3.04. The normalized spacial score (nSPS) is 13.7. The van der Waals surface area contributed by atoms with Crippen LogP contribution in [-0.4, -0.2) is 5.11 Å². The third-order valence-corrected chi connectivity index (χ3v) is 3.59. The number of phenolic OH excluding ortho intramolecular Hbond substituents is 1. The fourth-order valence-corrected chi connectivity index (χ4v) is 2.28. The van der Waals surface area contributed by atoms with E-state index in [1.807, 2.05) is 19.9 Å². The van der Waals surface area contributed by atoms with Crippen molar-refractivity contribution in [1.29, 1.82) is 0 Å². The maximum Gasteiger partial charge on any atom is 0.146 e. The molecule has 2 nitrogen and oxygen atoms in total. The molecule has 1 aliphatic heterocycles. The molecule has 0 amide bonds. The van der Waals surface area contributed by atoms with Crippen molar-refractivity contribution in [1.82, 2.24) is 0 Å². The molecule has 1 aliphatic rings. The summed E-state index contributed by atoms with van der Waals surface area (Å²) in [5.74, 6) is 2.58. The SMILES string of the molecule is CCCCCc1c(CC2=C(C)O2)ccc(C)c1O. The van der Waals surface area contributed by atoms with Gasteiger partial charge in [0.15, 0.2) is 0 Å². The van der Waals surface area contributed by atoms with E-state index < -0.39 is 0 Å². The van der Waals surface area contributed by atoms with Crippen LogP contribution in [0.25, 0.3) is 0 Å². The van der Waals surface area contributed by atoms with E-state index in [0.717, 1.165) is 41.9 Å². The quantitative estimate of drug-likeness (QED) is 0.762. The lowest BCUT2D eigenvalue weighted by molar-refractivity contribution is 0.454. The van der Waals surface area contributed by atoms with Crippen LogP contribution in [0.4, 0.5) is 0 Å². The van der Waals surface area contributed by atoms with Crippen molar-refractivity contribution in [3.8, 4) is 5.75 Å². The van der Waals surface area contributed by atoms with Crippen molar-refractivity contribution < 1.29 is 9.84 Å². The lowest BCUT2D eigenvalue weighted by Gasteiger charge is -2.12. The Kier molecular flexibility index (Phi) is 3.95. The molecule has 2 heteroatoms. The molecule has 0 unspecified atom stereocenters. The van der Waals surface area contributed by atoms with Crippen molar-refractivity contribution in [2.24, 2.45) is 0 Å². The summed E-state index contributed by atoms with van der Waals surface area (Å²) < 4.78 is 5.32. The lowest BCUT2D eigenvalue weighted by atomic mass is 9.95. The summed E-state index contributed by atoms with van der Waals surface area (Å²) in [5.41, 5.74) is 3.29. The molecule has 18 heavy (non-hydrogen) atoms. The molecule has 0 saturated heterocycles. The molecule has 98 valence electrons. The van der Waals surface area contributed by atoms with Crippen LogP contribution in [0.15, 0.2) is 23.7 Å². The number of ether oxygens (including phenoxy) is 1. The van der Waals surface area contributed by atoms with Gasteiger partial charge in [-0.3, -0.25) is 0 Å². The molecule has 0 saturated carbocycles. The number of aromatic hydroxyl groups is 1. The summed E-state index contributed by atoms with van der Waals surface area (Å²) in [6, 6.07) is 4.12. The van der Waals surface area contributed by atoms with Crippen LogP contribution < -0.4 is 0 Å². The Hall–Kier alpha value is -1.44. The van der Waals surface area contributed by atoms with Crippen LogP contribution in [0.3, 0.4) is 0 Å². The number of allylic oxidation sites excluding steroid dienone is 2. The summed E-state index contributed by atoms with van der Waals surface area (Å²) in [4.78, 5) is 0. The van der Waals surface area contributed by atoms with E-state index in [4.69, 9.17) is 4.74 Å². The van der Waals surface area contributed by atoms with Gasteiger partial charge in [0.25, 0.3) is 0 Å². The molecule has 0 bridgehead atoms. The molecule has 1 aromatic rings. The van der Waals surface area contributed by atoms with Gasteiger partial charge in [-0.15, -0.1) is 0 Å². The van der Waals surface area contributed by atoms with E-state index in [-0.39, 0.29) is 0 Å². The molecule has 0 spiro atoms. The van der Waals surface area contributed by atoms with Gasteiger partial charge in [-0.25, -0.2) is 0 Å². The molecule has 1 heterocycles. The van der Waals surface area contributed by atoms with Crippen molar-refractivity contribution in [3.05, 3.63) is 40.3 Å². The largest absolute Gasteiger partial charge is 0.507 e.